The van der Waals surface area contributed by atoms with Gasteiger partial charge < -0.3 is 4.74 Å². The Labute approximate surface area is 194 Å². The summed E-state index contributed by atoms with van der Waals surface area (Å²) < 4.78 is 32.9. The number of nitrogens with zero attached hydrogens (tertiary/aromatic N) is 1. The van der Waals surface area contributed by atoms with Gasteiger partial charge in [-0.15, -0.1) is 11.3 Å². The summed E-state index contributed by atoms with van der Waals surface area (Å²) in [6.07, 6.45) is 3.37. The van der Waals surface area contributed by atoms with Crippen molar-refractivity contribution in [2.75, 3.05) is 17.5 Å². The van der Waals surface area contributed by atoms with Crippen molar-refractivity contribution < 1.29 is 22.7 Å². The number of sulfonamides is 1. The molecule has 0 amide bonds. The Hall–Kier alpha value is -2.94. The summed E-state index contributed by atoms with van der Waals surface area (Å²) in [4.78, 5) is 24.4. The van der Waals surface area contributed by atoms with E-state index in [0.29, 0.717) is 33.4 Å². The molecule has 0 saturated heterocycles. The number of rotatable bonds is 7. The minimum atomic E-state index is -3.67. The van der Waals surface area contributed by atoms with Crippen molar-refractivity contribution in [3.05, 3.63) is 87.1 Å². The molecule has 0 aliphatic carbocycles. The maximum absolute atomic E-state index is 13.0. The molecule has 3 aromatic rings. The number of Topliss-reactive ketones (excluding diaryl/α,β-unsaturated/α-hetero) is 1. The number of thiophene rings is 1. The smallest absolute Gasteiger partial charge is 0.331 e. The summed E-state index contributed by atoms with van der Waals surface area (Å²) in [5.41, 5.74) is 2.34. The zero-order valence-corrected chi connectivity index (χ0v) is 19.1. The summed E-state index contributed by atoms with van der Waals surface area (Å²) in [6, 6.07) is 16.9. The van der Waals surface area contributed by atoms with Crippen LogP contribution in [0.15, 0.2) is 71.6 Å². The van der Waals surface area contributed by atoms with E-state index < -0.39 is 16.0 Å². The number of ketones is 1. The molecular formula is C23H18ClNO5S2. The fraction of sp³-hybridized carbons (Fsp3) is 0.130. The second kappa shape index (κ2) is 9.28. The lowest BCUT2D eigenvalue weighted by Crippen LogP contribution is -2.29. The summed E-state index contributed by atoms with van der Waals surface area (Å²) in [5.74, 6) is -1.01. The molecule has 0 bridgehead atoms. The Morgan fingerprint density at radius 3 is 2.53 bits per heavy atom. The third-order valence-corrected chi connectivity index (χ3v) is 8.02. The van der Waals surface area contributed by atoms with Crippen LogP contribution >= 0.6 is 22.9 Å². The topological polar surface area (TPSA) is 80.8 Å². The summed E-state index contributed by atoms with van der Waals surface area (Å²) in [7, 11) is -3.67. The predicted molar refractivity (Wildman–Crippen MR) is 125 cm³/mol. The number of esters is 1. The average molecular weight is 488 g/mol. The van der Waals surface area contributed by atoms with E-state index in [0.717, 1.165) is 16.9 Å². The number of hydrogen-bond donors (Lipinski definition) is 0. The van der Waals surface area contributed by atoms with Crippen molar-refractivity contribution in [1.82, 2.24) is 0 Å². The maximum Gasteiger partial charge on any atom is 0.331 e. The van der Waals surface area contributed by atoms with E-state index in [1.807, 2.05) is 18.2 Å². The van der Waals surface area contributed by atoms with Crippen LogP contribution in [0.4, 0.5) is 5.69 Å². The van der Waals surface area contributed by atoms with Crippen molar-refractivity contribution >= 4 is 56.5 Å². The third kappa shape index (κ3) is 4.77. The molecular weight excluding hydrogens is 470 g/mol. The highest BCUT2D eigenvalue weighted by atomic mass is 35.5. The Kier molecular flexibility index (Phi) is 6.45. The van der Waals surface area contributed by atoms with E-state index in [-0.39, 0.29) is 17.3 Å². The highest BCUT2D eigenvalue weighted by Crippen LogP contribution is 2.32. The molecule has 0 N–H and O–H groups in total. The number of halogens is 1. The number of hydrogen-bond acceptors (Lipinski definition) is 6. The summed E-state index contributed by atoms with van der Waals surface area (Å²) >= 11 is 6.91. The lowest BCUT2D eigenvalue weighted by molar-refractivity contribution is -0.136. The van der Waals surface area contributed by atoms with E-state index in [9.17, 15) is 18.0 Å². The number of anilines is 1. The van der Waals surface area contributed by atoms with Gasteiger partial charge in [-0.3, -0.25) is 9.10 Å². The van der Waals surface area contributed by atoms with E-state index in [1.165, 1.54) is 28.6 Å². The molecule has 0 fully saturated rings. The molecule has 4 rings (SSSR count). The van der Waals surface area contributed by atoms with Crippen LogP contribution in [0.25, 0.3) is 6.08 Å². The van der Waals surface area contributed by atoms with Crippen molar-refractivity contribution in [2.45, 2.75) is 11.3 Å². The van der Waals surface area contributed by atoms with E-state index >= 15 is 0 Å². The van der Waals surface area contributed by atoms with Crippen molar-refractivity contribution in [3.8, 4) is 0 Å². The van der Waals surface area contributed by atoms with Crippen molar-refractivity contribution in [2.24, 2.45) is 0 Å². The van der Waals surface area contributed by atoms with Gasteiger partial charge in [0.25, 0.3) is 10.0 Å². The van der Waals surface area contributed by atoms with Gasteiger partial charge in [-0.05, 0) is 54.0 Å². The maximum atomic E-state index is 13.0. The zero-order chi connectivity index (χ0) is 22.7. The second-order valence-electron chi connectivity index (χ2n) is 6.99. The van der Waals surface area contributed by atoms with Crippen LogP contribution in [-0.2, 0) is 26.0 Å². The Balaban J connectivity index is 1.38. The van der Waals surface area contributed by atoms with Gasteiger partial charge in [-0.25, -0.2) is 13.2 Å². The van der Waals surface area contributed by atoms with E-state index in [1.54, 1.807) is 30.3 Å². The first-order valence-electron chi connectivity index (χ1n) is 9.69. The Morgan fingerprint density at radius 1 is 1.06 bits per heavy atom. The monoisotopic (exact) mass is 487 g/mol. The number of carbonyl (C=O) groups excluding carboxylic acids is 2. The van der Waals surface area contributed by atoms with Gasteiger partial charge in [0.05, 0.1) is 19.8 Å². The number of ether oxygens (including phenoxy) is 1. The van der Waals surface area contributed by atoms with Crippen LogP contribution in [0.2, 0.25) is 4.34 Å². The highest BCUT2D eigenvalue weighted by molar-refractivity contribution is 7.92. The van der Waals surface area contributed by atoms with Gasteiger partial charge in [0.1, 0.15) is 0 Å². The van der Waals surface area contributed by atoms with Gasteiger partial charge in [-0.1, -0.05) is 41.9 Å². The van der Waals surface area contributed by atoms with Crippen LogP contribution in [0.1, 0.15) is 20.8 Å². The normalized spacial score (nSPS) is 13.3. The van der Waals surface area contributed by atoms with Crippen molar-refractivity contribution in [3.63, 3.8) is 0 Å². The first-order chi connectivity index (χ1) is 15.3. The molecule has 0 radical (unpaired) electrons. The molecule has 1 aliphatic heterocycles. The molecule has 6 nitrogen and oxygen atoms in total. The first kappa shape index (κ1) is 22.3. The number of benzene rings is 2. The quantitative estimate of drug-likeness (QED) is 0.276. The molecule has 9 heteroatoms. The zero-order valence-electron chi connectivity index (χ0n) is 16.7. The molecule has 0 atom stereocenters. The standard InChI is InChI=1S/C23H18ClNO5S2/c24-22-11-10-21(31-22)20(26)15-30-23(27)12-7-16-5-8-18(9-6-16)32(28,29)25-14-13-17-3-1-2-4-19(17)25/h1-12H,13-15H2/b12-7+. The first-order valence-corrected chi connectivity index (χ1v) is 12.3. The fourth-order valence-electron chi connectivity index (χ4n) is 3.32. The predicted octanol–water partition coefficient (Wildman–Crippen LogP) is 4.59. The number of fused-ring (bicyclic) bond motifs is 1. The van der Waals surface area contributed by atoms with Crippen LogP contribution in [-0.4, -0.2) is 33.3 Å². The van der Waals surface area contributed by atoms with Gasteiger partial charge in [-0.2, -0.15) is 0 Å². The number of para-hydroxylation sites is 1. The molecule has 2 heterocycles. The van der Waals surface area contributed by atoms with Gasteiger partial charge in [0, 0.05) is 12.6 Å². The molecule has 0 unspecified atom stereocenters. The highest BCUT2D eigenvalue weighted by Gasteiger charge is 2.30. The van der Waals surface area contributed by atoms with E-state index in [2.05, 4.69) is 0 Å². The lowest BCUT2D eigenvalue weighted by atomic mass is 10.2. The Bertz CT molecular complexity index is 1300. The minimum Gasteiger partial charge on any atom is -0.454 e. The van der Waals surface area contributed by atoms with E-state index in [4.69, 9.17) is 16.3 Å². The molecule has 0 saturated carbocycles. The molecule has 1 aromatic heterocycles. The van der Waals surface area contributed by atoms with Gasteiger partial charge in [0.2, 0.25) is 5.78 Å². The summed E-state index contributed by atoms with van der Waals surface area (Å²) in [5, 5.41) is 0. The van der Waals surface area contributed by atoms with Crippen molar-refractivity contribution in [1.29, 1.82) is 0 Å². The van der Waals surface area contributed by atoms with Crippen LogP contribution < -0.4 is 4.31 Å². The molecule has 164 valence electrons. The number of carbonyl (C=O) groups is 2. The van der Waals surface area contributed by atoms with Crippen LogP contribution in [0.5, 0.6) is 0 Å². The van der Waals surface area contributed by atoms with Crippen LogP contribution in [0, 0.1) is 0 Å². The van der Waals surface area contributed by atoms with Gasteiger partial charge >= 0.3 is 5.97 Å². The SMILES string of the molecule is O=C(/C=C/c1ccc(S(=O)(=O)N2CCc3ccccc32)cc1)OCC(=O)c1ccc(Cl)s1. The minimum absolute atomic E-state index is 0.175. The third-order valence-electron chi connectivity index (χ3n) is 4.92. The fourth-order valence-corrected chi connectivity index (χ4v) is 5.79. The molecule has 2 aromatic carbocycles. The summed E-state index contributed by atoms with van der Waals surface area (Å²) in [6.45, 7) is 0.0279. The second-order valence-corrected chi connectivity index (χ2v) is 10.6. The molecule has 1 aliphatic rings. The largest absolute Gasteiger partial charge is 0.454 e. The molecule has 0 spiro atoms. The molecule has 32 heavy (non-hydrogen) atoms. The van der Waals surface area contributed by atoms with Crippen LogP contribution in [0.3, 0.4) is 0 Å². The van der Waals surface area contributed by atoms with Gasteiger partial charge in [0.15, 0.2) is 6.61 Å². The lowest BCUT2D eigenvalue weighted by Gasteiger charge is -2.19. The Morgan fingerprint density at radius 2 is 1.81 bits per heavy atom. The average Bonchev–Trinajstić information content (AvgIpc) is 3.43.